The lowest BCUT2D eigenvalue weighted by atomic mass is 9.54. The summed E-state index contributed by atoms with van der Waals surface area (Å²) in [5.74, 6) is -0.672. The lowest BCUT2D eigenvalue weighted by Gasteiger charge is -2.47. The number of fused-ring (bicyclic) bond motifs is 4. The number of hydrogen-bond acceptors (Lipinski definition) is 5. The lowest BCUT2D eigenvalue weighted by Crippen LogP contribution is -2.50. The van der Waals surface area contributed by atoms with Crippen molar-refractivity contribution in [3.63, 3.8) is 0 Å². The van der Waals surface area contributed by atoms with Crippen LogP contribution in [0.5, 0.6) is 5.75 Å². The van der Waals surface area contributed by atoms with Gasteiger partial charge in [0.25, 0.3) is 0 Å². The number of rotatable bonds is 5. The molecular formula is C29H31BO5. The van der Waals surface area contributed by atoms with Crippen molar-refractivity contribution in [3.05, 3.63) is 81.9 Å². The van der Waals surface area contributed by atoms with Crippen LogP contribution in [-0.2, 0) is 4.65 Å². The van der Waals surface area contributed by atoms with Crippen molar-refractivity contribution in [2.75, 3.05) is 0 Å². The molecule has 4 atom stereocenters. The van der Waals surface area contributed by atoms with Crippen LogP contribution in [0, 0.1) is 17.8 Å². The fourth-order valence-electron chi connectivity index (χ4n) is 6.34. The normalized spacial score (nSPS) is 26.4. The monoisotopic (exact) mass is 470 g/mol. The molecule has 0 aromatic heterocycles. The van der Waals surface area contributed by atoms with E-state index < -0.39 is 13.0 Å². The third kappa shape index (κ3) is 4.41. The van der Waals surface area contributed by atoms with Gasteiger partial charge in [0.15, 0.2) is 11.6 Å². The molecule has 5 rings (SSSR count). The number of carbonyl (C=O) groups is 2. The molecule has 0 spiro atoms. The molecule has 180 valence electrons. The summed E-state index contributed by atoms with van der Waals surface area (Å²) in [6.07, 6.45) is 4.92. The van der Waals surface area contributed by atoms with E-state index in [-0.39, 0.29) is 35.3 Å². The van der Waals surface area contributed by atoms with Crippen molar-refractivity contribution in [2.24, 2.45) is 17.8 Å². The maximum atomic E-state index is 13.6. The van der Waals surface area contributed by atoms with Crippen LogP contribution in [0.3, 0.4) is 0 Å². The molecule has 2 aromatic rings. The number of benzene rings is 2. The van der Waals surface area contributed by atoms with Crippen LogP contribution in [0.2, 0.25) is 6.32 Å². The topological polar surface area (TPSA) is 83.8 Å². The van der Waals surface area contributed by atoms with E-state index in [1.807, 2.05) is 37.3 Å². The smallest absolute Gasteiger partial charge is 0.455 e. The van der Waals surface area contributed by atoms with Crippen molar-refractivity contribution in [1.29, 1.82) is 0 Å². The molecule has 35 heavy (non-hydrogen) atoms. The van der Waals surface area contributed by atoms with Gasteiger partial charge >= 0.3 is 7.12 Å². The van der Waals surface area contributed by atoms with Crippen LogP contribution in [-0.4, -0.2) is 34.9 Å². The predicted molar refractivity (Wildman–Crippen MR) is 136 cm³/mol. The van der Waals surface area contributed by atoms with Gasteiger partial charge in [0.1, 0.15) is 5.75 Å². The minimum atomic E-state index is -0.957. The molecular weight excluding hydrogens is 439 g/mol. The Kier molecular flexibility index (Phi) is 6.52. The zero-order valence-electron chi connectivity index (χ0n) is 20.2. The molecule has 6 heteroatoms. The van der Waals surface area contributed by atoms with E-state index in [4.69, 9.17) is 4.65 Å². The number of ketones is 2. The van der Waals surface area contributed by atoms with Gasteiger partial charge < -0.3 is 14.8 Å². The second kappa shape index (κ2) is 9.59. The zero-order chi connectivity index (χ0) is 24.7. The van der Waals surface area contributed by atoms with Crippen molar-refractivity contribution < 1.29 is 24.4 Å². The summed E-state index contributed by atoms with van der Waals surface area (Å²) in [6, 6.07) is 14.3. The molecule has 0 bridgehead atoms. The Morgan fingerprint density at radius 2 is 1.83 bits per heavy atom. The van der Waals surface area contributed by atoms with E-state index in [1.54, 1.807) is 24.3 Å². The van der Waals surface area contributed by atoms with Crippen LogP contribution < -0.4 is 0 Å². The molecule has 1 fully saturated rings. The SMILES string of the molecule is CCC1=C2[C@@H](CC/C(C)=C/c3cccc(O)c3)OB(O)C[C@@H]2[C@@H]2C(=O)c3ccccc3C(=O)[C@@H]2C1. The van der Waals surface area contributed by atoms with Gasteiger partial charge in [-0.25, -0.2) is 0 Å². The first-order valence-electron chi connectivity index (χ1n) is 12.6. The third-order valence-electron chi connectivity index (χ3n) is 7.87. The fourth-order valence-corrected chi connectivity index (χ4v) is 6.34. The number of Topliss-reactive ketones (excluding diaryl/α,β-unsaturated/α-hetero) is 2. The summed E-state index contributed by atoms with van der Waals surface area (Å²) >= 11 is 0. The molecule has 0 radical (unpaired) electrons. The summed E-state index contributed by atoms with van der Waals surface area (Å²) in [4.78, 5) is 27.0. The lowest BCUT2D eigenvalue weighted by molar-refractivity contribution is 0.0599. The van der Waals surface area contributed by atoms with Crippen LogP contribution >= 0.6 is 0 Å². The van der Waals surface area contributed by atoms with E-state index in [0.717, 1.165) is 29.6 Å². The quantitative estimate of drug-likeness (QED) is 0.446. The molecule has 2 N–H and O–H groups in total. The van der Waals surface area contributed by atoms with Gasteiger partial charge in [-0.3, -0.25) is 9.59 Å². The Morgan fingerprint density at radius 3 is 2.54 bits per heavy atom. The molecule has 1 aliphatic heterocycles. The van der Waals surface area contributed by atoms with Crippen LogP contribution in [0.25, 0.3) is 6.08 Å². The highest BCUT2D eigenvalue weighted by Gasteiger charge is 2.53. The molecule has 1 saturated heterocycles. The number of phenols is 1. The maximum absolute atomic E-state index is 13.6. The molecule has 2 aromatic carbocycles. The van der Waals surface area contributed by atoms with Gasteiger partial charge in [-0.1, -0.05) is 60.5 Å². The Bertz CT molecular complexity index is 1230. The number of hydrogen-bond donors (Lipinski definition) is 2. The molecule has 2 aliphatic carbocycles. The van der Waals surface area contributed by atoms with Gasteiger partial charge in [0, 0.05) is 23.0 Å². The average Bonchev–Trinajstić information content (AvgIpc) is 2.84. The second-order valence-electron chi connectivity index (χ2n) is 10.1. The minimum Gasteiger partial charge on any atom is -0.508 e. The van der Waals surface area contributed by atoms with Gasteiger partial charge in [-0.2, -0.15) is 0 Å². The van der Waals surface area contributed by atoms with Crippen molar-refractivity contribution in [2.45, 2.75) is 52.0 Å². The largest absolute Gasteiger partial charge is 0.508 e. The highest BCUT2D eigenvalue weighted by Crippen LogP contribution is 2.51. The van der Waals surface area contributed by atoms with Crippen LogP contribution in [0.15, 0.2) is 65.3 Å². The Morgan fingerprint density at radius 1 is 1.09 bits per heavy atom. The molecule has 1 heterocycles. The first-order chi connectivity index (χ1) is 16.9. The van der Waals surface area contributed by atoms with Crippen LogP contribution in [0.1, 0.15) is 65.8 Å². The molecule has 0 amide bonds. The molecule has 5 nitrogen and oxygen atoms in total. The Hall–Kier alpha value is -2.96. The first kappa shape index (κ1) is 23.8. The van der Waals surface area contributed by atoms with Gasteiger partial charge in [0.05, 0.1) is 6.10 Å². The number of carbonyl (C=O) groups excluding carboxylic acids is 2. The predicted octanol–water partition coefficient (Wildman–Crippen LogP) is 5.49. The average molecular weight is 470 g/mol. The van der Waals surface area contributed by atoms with Crippen molar-refractivity contribution in [1.82, 2.24) is 0 Å². The number of phenolic OH excluding ortho intramolecular Hbond substituents is 1. The zero-order valence-corrected chi connectivity index (χ0v) is 20.2. The highest BCUT2D eigenvalue weighted by atomic mass is 16.5. The van der Waals surface area contributed by atoms with Crippen molar-refractivity contribution in [3.8, 4) is 5.75 Å². The Labute approximate surface area is 206 Å². The third-order valence-corrected chi connectivity index (χ3v) is 7.87. The molecule has 3 aliphatic rings. The minimum absolute atomic E-state index is 0.0238. The summed E-state index contributed by atoms with van der Waals surface area (Å²) in [7, 11) is -0.957. The summed E-state index contributed by atoms with van der Waals surface area (Å²) in [5.41, 5.74) is 5.45. The molecule has 0 unspecified atom stereocenters. The number of aromatic hydroxyl groups is 1. The Balaban J connectivity index is 1.44. The van der Waals surface area contributed by atoms with Gasteiger partial charge in [-0.05, 0) is 68.1 Å². The number of allylic oxidation sites excluding steroid dienone is 2. The van der Waals surface area contributed by atoms with E-state index in [1.165, 1.54) is 5.57 Å². The van der Waals surface area contributed by atoms with E-state index in [2.05, 4.69) is 6.92 Å². The van der Waals surface area contributed by atoms with Crippen molar-refractivity contribution >= 4 is 24.8 Å². The van der Waals surface area contributed by atoms with Crippen LogP contribution in [0.4, 0.5) is 0 Å². The summed E-state index contributed by atoms with van der Waals surface area (Å²) < 4.78 is 6.05. The standard InChI is InChI=1S/C29H31BO5/c1-3-19-15-23-27(29(33)22-10-5-4-9-21(22)28(23)32)24-16-30(34)35-25(26(19)24)12-11-17(2)13-18-7-6-8-20(31)14-18/h4-10,13-14,23-25,27,31,34H,3,11-12,15-16H2,1-2H3/b17-13+/t23-,24+,25-,27-/m1/s1. The van der Waals surface area contributed by atoms with E-state index in [0.29, 0.717) is 30.3 Å². The highest BCUT2D eigenvalue weighted by molar-refractivity contribution is 6.43. The second-order valence-corrected chi connectivity index (χ2v) is 10.1. The summed E-state index contributed by atoms with van der Waals surface area (Å²) in [5, 5.41) is 20.4. The van der Waals surface area contributed by atoms with E-state index in [9.17, 15) is 19.7 Å². The summed E-state index contributed by atoms with van der Waals surface area (Å²) in [6.45, 7) is 4.14. The first-order valence-corrected chi connectivity index (χ1v) is 12.6. The molecule has 0 saturated carbocycles. The fraction of sp³-hybridized carbons (Fsp3) is 0.379. The maximum Gasteiger partial charge on any atom is 0.455 e. The van der Waals surface area contributed by atoms with E-state index >= 15 is 0 Å². The van der Waals surface area contributed by atoms with Gasteiger partial charge in [-0.15, -0.1) is 0 Å². The van der Waals surface area contributed by atoms with Gasteiger partial charge in [0.2, 0.25) is 0 Å².